The Balaban J connectivity index is 1.69. The van der Waals surface area contributed by atoms with Gasteiger partial charge in [-0.05, 0) is 37.2 Å². The van der Waals surface area contributed by atoms with Crippen molar-refractivity contribution in [1.29, 1.82) is 0 Å². The van der Waals surface area contributed by atoms with Crippen LogP contribution in [0.5, 0.6) is 0 Å². The molecule has 3 rings (SSSR count). The zero-order valence-electron chi connectivity index (χ0n) is 11.6. The van der Waals surface area contributed by atoms with Gasteiger partial charge in [-0.25, -0.2) is 0 Å². The Hall–Kier alpha value is -1.78. The maximum Gasteiger partial charge on any atom is 0.0771 e. The predicted molar refractivity (Wildman–Crippen MR) is 79.1 cm³/mol. The van der Waals surface area contributed by atoms with Crippen molar-refractivity contribution < 1.29 is 0 Å². The molecule has 4 heteroatoms. The summed E-state index contributed by atoms with van der Waals surface area (Å²) >= 11 is 0. The third-order valence-electron chi connectivity index (χ3n) is 3.70. The van der Waals surface area contributed by atoms with Gasteiger partial charge in [-0.1, -0.05) is 30.3 Å². The van der Waals surface area contributed by atoms with E-state index in [1.807, 2.05) is 12.1 Å². The number of benzene rings is 1. The molecule has 0 amide bonds. The highest BCUT2D eigenvalue weighted by Gasteiger charge is 2.19. The predicted octanol–water partition coefficient (Wildman–Crippen LogP) is 2.01. The van der Waals surface area contributed by atoms with Crippen molar-refractivity contribution in [3.63, 3.8) is 0 Å². The molecule has 1 aliphatic heterocycles. The second kappa shape index (κ2) is 6.59. The van der Waals surface area contributed by atoms with E-state index in [4.69, 9.17) is 0 Å². The first-order chi connectivity index (χ1) is 9.92. The minimum atomic E-state index is 0.398. The second-order valence-electron chi connectivity index (χ2n) is 5.22. The summed E-state index contributed by atoms with van der Waals surface area (Å²) in [7, 11) is 0. The number of rotatable bonds is 3. The van der Waals surface area contributed by atoms with Gasteiger partial charge in [0.15, 0.2) is 0 Å². The van der Waals surface area contributed by atoms with Crippen molar-refractivity contribution in [1.82, 2.24) is 20.4 Å². The summed E-state index contributed by atoms with van der Waals surface area (Å²) < 4.78 is 0. The molecule has 0 saturated carbocycles. The summed E-state index contributed by atoms with van der Waals surface area (Å²) in [6.07, 6.45) is 2.89. The van der Waals surface area contributed by atoms with Crippen LogP contribution >= 0.6 is 0 Å². The maximum absolute atomic E-state index is 4.19. The van der Waals surface area contributed by atoms with Gasteiger partial charge >= 0.3 is 0 Å². The monoisotopic (exact) mass is 268 g/mol. The van der Waals surface area contributed by atoms with Crippen LogP contribution in [0.2, 0.25) is 0 Å². The molecule has 0 aliphatic carbocycles. The van der Waals surface area contributed by atoms with Crippen molar-refractivity contribution >= 4 is 0 Å². The first-order valence-electron chi connectivity index (χ1n) is 7.19. The van der Waals surface area contributed by atoms with Crippen molar-refractivity contribution in [3.05, 3.63) is 59.9 Å². The Morgan fingerprint density at radius 2 is 2.05 bits per heavy atom. The molecule has 1 aromatic carbocycles. The third kappa shape index (κ3) is 3.40. The molecule has 1 atom stereocenters. The van der Waals surface area contributed by atoms with Crippen molar-refractivity contribution in [2.75, 3.05) is 19.6 Å². The fourth-order valence-corrected chi connectivity index (χ4v) is 2.69. The van der Waals surface area contributed by atoms with Crippen LogP contribution in [-0.2, 0) is 6.54 Å². The van der Waals surface area contributed by atoms with E-state index < -0.39 is 0 Å². The van der Waals surface area contributed by atoms with Crippen LogP contribution < -0.4 is 5.32 Å². The molecule has 4 nitrogen and oxygen atoms in total. The Morgan fingerprint density at radius 3 is 2.85 bits per heavy atom. The van der Waals surface area contributed by atoms with E-state index in [2.05, 4.69) is 50.7 Å². The van der Waals surface area contributed by atoms with E-state index >= 15 is 0 Å². The summed E-state index contributed by atoms with van der Waals surface area (Å²) in [5.74, 6) is 0. The molecule has 1 fully saturated rings. The Bertz CT molecular complexity index is 515. The third-order valence-corrected chi connectivity index (χ3v) is 3.70. The van der Waals surface area contributed by atoms with Crippen molar-refractivity contribution in [2.45, 2.75) is 19.0 Å². The minimum absolute atomic E-state index is 0.398. The maximum atomic E-state index is 4.19. The number of aromatic nitrogens is 2. The molecule has 20 heavy (non-hydrogen) atoms. The summed E-state index contributed by atoms with van der Waals surface area (Å²) in [6, 6.07) is 15.1. The van der Waals surface area contributed by atoms with E-state index in [9.17, 15) is 0 Å². The highest BCUT2D eigenvalue weighted by molar-refractivity contribution is 5.19. The van der Waals surface area contributed by atoms with Crippen LogP contribution in [0.4, 0.5) is 0 Å². The molecule has 1 aliphatic rings. The standard InChI is InChI=1S/C16H20N4/c1-2-6-14(7-3-1)16-13-20(11-5-9-17-16)12-15-8-4-10-18-19-15/h1-4,6-8,10,16-17H,5,9,11-13H2. The fraction of sp³-hybridized carbons (Fsp3) is 0.375. The number of hydrogen-bond acceptors (Lipinski definition) is 4. The van der Waals surface area contributed by atoms with Gasteiger partial charge in [-0.3, -0.25) is 4.90 Å². The number of nitrogens with zero attached hydrogens (tertiary/aromatic N) is 3. The lowest BCUT2D eigenvalue weighted by molar-refractivity contribution is 0.257. The molecule has 2 aromatic rings. The quantitative estimate of drug-likeness (QED) is 0.924. The lowest BCUT2D eigenvalue weighted by Crippen LogP contribution is -2.31. The van der Waals surface area contributed by atoms with Crippen LogP contribution in [-0.4, -0.2) is 34.7 Å². The number of hydrogen-bond donors (Lipinski definition) is 1. The van der Waals surface area contributed by atoms with E-state index in [1.54, 1.807) is 6.20 Å². The lowest BCUT2D eigenvalue weighted by atomic mass is 10.1. The molecule has 0 bridgehead atoms. The molecule has 0 spiro atoms. The van der Waals surface area contributed by atoms with Crippen molar-refractivity contribution in [3.8, 4) is 0 Å². The largest absolute Gasteiger partial charge is 0.309 e. The van der Waals surface area contributed by atoms with Gasteiger partial charge in [0.1, 0.15) is 0 Å². The molecule has 1 N–H and O–H groups in total. The van der Waals surface area contributed by atoms with Crippen molar-refractivity contribution in [2.24, 2.45) is 0 Å². The average molecular weight is 268 g/mol. The van der Waals surface area contributed by atoms with Gasteiger partial charge in [0.2, 0.25) is 0 Å². The topological polar surface area (TPSA) is 41.1 Å². The van der Waals surface area contributed by atoms with Crippen LogP contribution in [0.25, 0.3) is 0 Å². The van der Waals surface area contributed by atoms with Crippen LogP contribution in [0, 0.1) is 0 Å². The molecular weight excluding hydrogens is 248 g/mol. The molecule has 1 aromatic heterocycles. The fourth-order valence-electron chi connectivity index (χ4n) is 2.69. The van der Waals surface area contributed by atoms with Crippen LogP contribution in [0.3, 0.4) is 0 Å². The van der Waals surface area contributed by atoms with Crippen LogP contribution in [0.1, 0.15) is 23.7 Å². The van der Waals surface area contributed by atoms with Gasteiger partial charge in [-0.2, -0.15) is 10.2 Å². The SMILES string of the molecule is c1ccc(C2CN(Cc3cccnn3)CCCN2)cc1. The van der Waals surface area contributed by atoms with E-state index in [-0.39, 0.29) is 0 Å². The highest BCUT2D eigenvalue weighted by Crippen LogP contribution is 2.17. The van der Waals surface area contributed by atoms with Gasteiger partial charge in [-0.15, -0.1) is 0 Å². The lowest BCUT2D eigenvalue weighted by Gasteiger charge is -2.24. The smallest absolute Gasteiger partial charge is 0.0771 e. The van der Waals surface area contributed by atoms with Gasteiger partial charge in [0, 0.05) is 25.3 Å². The molecular formula is C16H20N4. The molecule has 2 heterocycles. The molecule has 0 radical (unpaired) electrons. The van der Waals surface area contributed by atoms with Gasteiger partial charge in [0.05, 0.1) is 5.69 Å². The highest BCUT2D eigenvalue weighted by atomic mass is 15.2. The van der Waals surface area contributed by atoms with E-state index in [1.165, 1.54) is 12.0 Å². The van der Waals surface area contributed by atoms with Crippen LogP contribution in [0.15, 0.2) is 48.7 Å². The zero-order valence-corrected chi connectivity index (χ0v) is 11.6. The van der Waals surface area contributed by atoms with E-state index in [0.717, 1.165) is 31.9 Å². The average Bonchev–Trinajstić information content (AvgIpc) is 2.75. The molecule has 1 unspecified atom stereocenters. The van der Waals surface area contributed by atoms with Gasteiger partial charge < -0.3 is 5.32 Å². The Kier molecular flexibility index (Phi) is 4.35. The molecule has 1 saturated heterocycles. The van der Waals surface area contributed by atoms with E-state index in [0.29, 0.717) is 6.04 Å². The minimum Gasteiger partial charge on any atom is -0.309 e. The summed E-state index contributed by atoms with van der Waals surface area (Å²) in [5.41, 5.74) is 2.40. The normalized spacial score (nSPS) is 20.5. The molecule has 104 valence electrons. The Labute approximate surface area is 119 Å². The zero-order chi connectivity index (χ0) is 13.6. The van der Waals surface area contributed by atoms with Gasteiger partial charge in [0.25, 0.3) is 0 Å². The Morgan fingerprint density at radius 1 is 1.15 bits per heavy atom. The number of nitrogens with one attached hydrogen (secondary N) is 1. The first kappa shape index (κ1) is 13.2. The second-order valence-corrected chi connectivity index (χ2v) is 5.22. The summed E-state index contributed by atoms with van der Waals surface area (Å²) in [6.45, 7) is 4.06. The first-order valence-corrected chi connectivity index (χ1v) is 7.19. The summed E-state index contributed by atoms with van der Waals surface area (Å²) in [4.78, 5) is 2.46. The summed E-state index contributed by atoms with van der Waals surface area (Å²) in [5, 5.41) is 11.8.